The molecule has 0 heterocycles. The van der Waals surface area contributed by atoms with Gasteiger partial charge in [-0.05, 0) is 55.8 Å². The normalized spacial score (nSPS) is 10.5. The highest BCUT2D eigenvalue weighted by molar-refractivity contribution is 7.98. The zero-order valence-electron chi connectivity index (χ0n) is 16.3. The van der Waals surface area contributed by atoms with E-state index >= 15 is 0 Å². The summed E-state index contributed by atoms with van der Waals surface area (Å²) in [6.07, 6.45) is 0. The molecule has 144 valence electrons. The lowest BCUT2D eigenvalue weighted by atomic mass is 10.1. The van der Waals surface area contributed by atoms with Crippen LogP contribution in [0.15, 0.2) is 77.7 Å². The van der Waals surface area contributed by atoms with Gasteiger partial charge in [-0.15, -0.1) is 11.8 Å². The van der Waals surface area contributed by atoms with Crippen molar-refractivity contribution in [3.8, 4) is 5.75 Å². The molecule has 0 spiro atoms. The minimum absolute atomic E-state index is 0.0785. The Morgan fingerprint density at radius 3 is 2.11 bits per heavy atom. The fraction of sp³-hybridized carbons (Fsp3) is 0.208. The second-order valence-corrected chi connectivity index (χ2v) is 7.76. The molecule has 0 aromatic heterocycles. The highest BCUT2D eigenvalue weighted by Gasteiger charge is 2.05. The third-order valence-corrected chi connectivity index (χ3v) is 5.40. The van der Waals surface area contributed by atoms with E-state index in [1.807, 2.05) is 55.5 Å². The Morgan fingerprint density at radius 1 is 0.857 bits per heavy atom. The van der Waals surface area contributed by atoms with Crippen LogP contribution in [0, 0.1) is 13.8 Å². The van der Waals surface area contributed by atoms with Gasteiger partial charge < -0.3 is 10.1 Å². The molecule has 0 saturated carbocycles. The number of thioether (sulfide) groups is 1. The molecular formula is C24H25NO2S. The van der Waals surface area contributed by atoms with Crippen LogP contribution in [0.3, 0.4) is 0 Å². The smallest absolute Gasteiger partial charge is 0.251 e. The van der Waals surface area contributed by atoms with Gasteiger partial charge in [0, 0.05) is 16.2 Å². The van der Waals surface area contributed by atoms with Gasteiger partial charge in [-0.25, -0.2) is 0 Å². The van der Waals surface area contributed by atoms with Crippen molar-refractivity contribution in [3.05, 3.63) is 95.1 Å². The molecular weight excluding hydrogens is 366 g/mol. The zero-order valence-corrected chi connectivity index (χ0v) is 17.1. The predicted molar refractivity (Wildman–Crippen MR) is 116 cm³/mol. The summed E-state index contributed by atoms with van der Waals surface area (Å²) in [5.74, 6) is 1.62. The summed E-state index contributed by atoms with van der Waals surface area (Å²) in [5.41, 5.74) is 4.33. The lowest BCUT2D eigenvalue weighted by Crippen LogP contribution is -2.28. The number of ether oxygens (including phenoxy) is 1. The second-order valence-electron chi connectivity index (χ2n) is 6.72. The first-order valence-corrected chi connectivity index (χ1v) is 10.3. The molecule has 0 aliphatic rings. The maximum atomic E-state index is 12.3. The Labute approximate surface area is 171 Å². The monoisotopic (exact) mass is 391 g/mol. The molecule has 0 aliphatic heterocycles. The SMILES string of the molecule is Cc1ccc(OCCNC(=O)c2ccc(CSc3ccc(C)cc3)cc2)cc1. The van der Waals surface area contributed by atoms with Crippen molar-refractivity contribution >= 4 is 17.7 Å². The summed E-state index contributed by atoms with van der Waals surface area (Å²) in [7, 11) is 0. The standard InChI is InChI=1S/C24H25NO2S/c1-18-3-11-22(12-4-18)27-16-15-25-24(26)21-9-7-20(8-10-21)17-28-23-13-5-19(2)6-14-23/h3-14H,15-17H2,1-2H3,(H,25,26). The van der Waals surface area contributed by atoms with Crippen LogP contribution in [0.25, 0.3) is 0 Å². The van der Waals surface area contributed by atoms with E-state index in [0.29, 0.717) is 18.7 Å². The van der Waals surface area contributed by atoms with Crippen LogP contribution in [0.2, 0.25) is 0 Å². The van der Waals surface area contributed by atoms with Crippen LogP contribution in [0.5, 0.6) is 5.75 Å². The molecule has 0 aliphatic carbocycles. The summed E-state index contributed by atoms with van der Waals surface area (Å²) in [4.78, 5) is 13.5. The lowest BCUT2D eigenvalue weighted by Gasteiger charge is -2.09. The Hall–Kier alpha value is -2.72. The van der Waals surface area contributed by atoms with E-state index < -0.39 is 0 Å². The van der Waals surface area contributed by atoms with Crippen LogP contribution in [-0.4, -0.2) is 19.1 Å². The highest BCUT2D eigenvalue weighted by atomic mass is 32.2. The number of nitrogens with one attached hydrogen (secondary N) is 1. The first kappa shape index (κ1) is 20.0. The van der Waals surface area contributed by atoms with Crippen molar-refractivity contribution in [1.29, 1.82) is 0 Å². The summed E-state index contributed by atoms with van der Waals surface area (Å²) in [5, 5.41) is 2.89. The van der Waals surface area contributed by atoms with Crippen molar-refractivity contribution in [1.82, 2.24) is 5.32 Å². The van der Waals surface area contributed by atoms with Gasteiger partial charge in [0.25, 0.3) is 5.91 Å². The van der Waals surface area contributed by atoms with E-state index in [4.69, 9.17) is 4.74 Å². The van der Waals surface area contributed by atoms with Crippen molar-refractivity contribution in [3.63, 3.8) is 0 Å². The Kier molecular flexibility index (Phi) is 7.15. The fourth-order valence-corrected chi connectivity index (χ4v) is 3.48. The Balaban J connectivity index is 1.41. The minimum atomic E-state index is -0.0785. The van der Waals surface area contributed by atoms with Gasteiger partial charge in [-0.3, -0.25) is 4.79 Å². The number of carbonyl (C=O) groups excluding carboxylic acids is 1. The molecule has 3 aromatic rings. The van der Waals surface area contributed by atoms with Gasteiger partial charge in [0.05, 0.1) is 6.54 Å². The highest BCUT2D eigenvalue weighted by Crippen LogP contribution is 2.23. The first-order valence-electron chi connectivity index (χ1n) is 9.36. The van der Waals surface area contributed by atoms with E-state index in [2.05, 4.69) is 36.5 Å². The van der Waals surface area contributed by atoms with Crippen LogP contribution in [-0.2, 0) is 5.75 Å². The Bertz CT molecular complexity index is 887. The lowest BCUT2D eigenvalue weighted by molar-refractivity contribution is 0.0947. The molecule has 28 heavy (non-hydrogen) atoms. The molecule has 1 amide bonds. The van der Waals surface area contributed by atoms with E-state index in [9.17, 15) is 4.79 Å². The molecule has 0 unspecified atom stereocenters. The van der Waals surface area contributed by atoms with Gasteiger partial charge in [0.1, 0.15) is 12.4 Å². The van der Waals surface area contributed by atoms with Crippen LogP contribution >= 0.6 is 11.8 Å². The van der Waals surface area contributed by atoms with Crippen LogP contribution < -0.4 is 10.1 Å². The van der Waals surface area contributed by atoms with E-state index in [-0.39, 0.29) is 5.91 Å². The average molecular weight is 392 g/mol. The van der Waals surface area contributed by atoms with Crippen LogP contribution in [0.1, 0.15) is 27.0 Å². The number of rotatable bonds is 8. The van der Waals surface area contributed by atoms with Crippen molar-refractivity contribution in [2.24, 2.45) is 0 Å². The molecule has 0 fully saturated rings. The van der Waals surface area contributed by atoms with E-state index in [1.54, 1.807) is 11.8 Å². The van der Waals surface area contributed by atoms with E-state index in [0.717, 1.165) is 11.5 Å². The maximum Gasteiger partial charge on any atom is 0.251 e. The van der Waals surface area contributed by atoms with Gasteiger partial charge in [0.2, 0.25) is 0 Å². The summed E-state index contributed by atoms with van der Waals surface area (Å²) in [6, 6.07) is 24.2. The predicted octanol–water partition coefficient (Wildman–Crippen LogP) is 5.40. The fourth-order valence-electron chi connectivity index (χ4n) is 2.62. The van der Waals surface area contributed by atoms with Gasteiger partial charge >= 0.3 is 0 Å². The largest absolute Gasteiger partial charge is 0.492 e. The number of benzene rings is 3. The molecule has 3 nitrogen and oxygen atoms in total. The topological polar surface area (TPSA) is 38.3 Å². The molecule has 3 rings (SSSR count). The molecule has 0 atom stereocenters. The average Bonchev–Trinajstić information content (AvgIpc) is 2.72. The zero-order chi connectivity index (χ0) is 19.8. The minimum Gasteiger partial charge on any atom is -0.492 e. The third kappa shape index (κ3) is 6.17. The first-order chi connectivity index (χ1) is 13.6. The maximum absolute atomic E-state index is 12.3. The Morgan fingerprint density at radius 2 is 1.46 bits per heavy atom. The summed E-state index contributed by atoms with van der Waals surface area (Å²) < 4.78 is 5.63. The molecule has 4 heteroatoms. The number of aryl methyl sites for hydroxylation is 2. The molecule has 0 bridgehead atoms. The molecule has 0 saturated heterocycles. The number of amides is 1. The number of carbonyl (C=O) groups is 1. The number of hydrogen-bond acceptors (Lipinski definition) is 3. The van der Waals surface area contributed by atoms with Gasteiger partial charge in [-0.1, -0.05) is 47.5 Å². The van der Waals surface area contributed by atoms with Crippen molar-refractivity contribution in [2.75, 3.05) is 13.2 Å². The van der Waals surface area contributed by atoms with E-state index in [1.165, 1.54) is 21.6 Å². The third-order valence-electron chi connectivity index (χ3n) is 4.32. The quantitative estimate of drug-likeness (QED) is 0.412. The second kappa shape index (κ2) is 10.00. The molecule has 0 radical (unpaired) electrons. The van der Waals surface area contributed by atoms with Crippen molar-refractivity contribution < 1.29 is 9.53 Å². The summed E-state index contributed by atoms with van der Waals surface area (Å²) >= 11 is 1.79. The van der Waals surface area contributed by atoms with Gasteiger partial charge in [0.15, 0.2) is 0 Å². The number of hydrogen-bond donors (Lipinski definition) is 1. The summed E-state index contributed by atoms with van der Waals surface area (Å²) in [6.45, 7) is 5.04. The van der Waals surface area contributed by atoms with Gasteiger partial charge in [-0.2, -0.15) is 0 Å². The molecule has 3 aromatic carbocycles. The van der Waals surface area contributed by atoms with Crippen LogP contribution in [0.4, 0.5) is 0 Å². The van der Waals surface area contributed by atoms with Crippen molar-refractivity contribution in [2.45, 2.75) is 24.5 Å². The molecule has 1 N–H and O–H groups in total.